The van der Waals surface area contributed by atoms with E-state index in [4.69, 9.17) is 16.3 Å². The Balaban J connectivity index is 1.94. The standard InChI is InChI=1S/C10H14ClN3OS/c1-15-9-12-8(11)13-10(14-9)16-6-7-4-2-3-5-7/h7H,2-6H2,1H3. The topological polar surface area (TPSA) is 47.9 Å². The highest BCUT2D eigenvalue weighted by molar-refractivity contribution is 7.99. The summed E-state index contributed by atoms with van der Waals surface area (Å²) in [4.78, 5) is 12.1. The minimum Gasteiger partial charge on any atom is -0.467 e. The molecule has 0 unspecified atom stereocenters. The lowest BCUT2D eigenvalue weighted by Gasteiger charge is -2.07. The molecule has 1 aromatic heterocycles. The summed E-state index contributed by atoms with van der Waals surface area (Å²) in [5.41, 5.74) is 0. The van der Waals surface area contributed by atoms with Crippen LogP contribution in [0.3, 0.4) is 0 Å². The fourth-order valence-corrected chi connectivity index (χ4v) is 3.05. The summed E-state index contributed by atoms with van der Waals surface area (Å²) < 4.78 is 4.95. The fourth-order valence-electron chi connectivity index (χ4n) is 1.84. The first-order valence-electron chi connectivity index (χ1n) is 5.36. The molecule has 88 valence electrons. The van der Waals surface area contributed by atoms with Crippen LogP contribution in [0.15, 0.2) is 5.16 Å². The van der Waals surface area contributed by atoms with Crippen LogP contribution in [-0.4, -0.2) is 27.8 Å². The van der Waals surface area contributed by atoms with Crippen molar-refractivity contribution in [1.29, 1.82) is 0 Å². The predicted molar refractivity (Wildman–Crippen MR) is 64.1 cm³/mol. The maximum atomic E-state index is 5.77. The van der Waals surface area contributed by atoms with Crippen LogP contribution in [0.1, 0.15) is 25.7 Å². The molecule has 1 saturated carbocycles. The molecule has 2 rings (SSSR count). The van der Waals surface area contributed by atoms with E-state index in [1.165, 1.54) is 32.8 Å². The molecule has 0 atom stereocenters. The van der Waals surface area contributed by atoms with Crippen LogP contribution in [0, 0.1) is 5.92 Å². The molecule has 0 N–H and O–H groups in total. The van der Waals surface area contributed by atoms with E-state index in [0.717, 1.165) is 11.7 Å². The predicted octanol–water partition coefficient (Wildman–Crippen LogP) is 2.82. The molecule has 6 heteroatoms. The van der Waals surface area contributed by atoms with Crippen molar-refractivity contribution in [2.24, 2.45) is 5.92 Å². The highest BCUT2D eigenvalue weighted by atomic mass is 35.5. The summed E-state index contributed by atoms with van der Waals surface area (Å²) in [7, 11) is 1.52. The van der Waals surface area contributed by atoms with E-state index in [2.05, 4.69) is 15.0 Å². The fraction of sp³-hybridized carbons (Fsp3) is 0.700. The monoisotopic (exact) mass is 259 g/mol. The van der Waals surface area contributed by atoms with E-state index in [-0.39, 0.29) is 11.3 Å². The van der Waals surface area contributed by atoms with Gasteiger partial charge >= 0.3 is 6.01 Å². The van der Waals surface area contributed by atoms with Gasteiger partial charge in [-0.05, 0) is 30.4 Å². The Kier molecular flexibility index (Phi) is 4.23. The third-order valence-corrected chi connectivity index (χ3v) is 3.92. The number of thioether (sulfide) groups is 1. The van der Waals surface area contributed by atoms with Gasteiger partial charge in [-0.2, -0.15) is 15.0 Å². The second-order valence-corrected chi connectivity index (χ2v) is 5.16. The molecule has 1 aliphatic carbocycles. The summed E-state index contributed by atoms with van der Waals surface area (Å²) >= 11 is 7.40. The third-order valence-electron chi connectivity index (χ3n) is 2.67. The number of hydrogen-bond acceptors (Lipinski definition) is 5. The minimum absolute atomic E-state index is 0.195. The van der Waals surface area contributed by atoms with Crippen molar-refractivity contribution in [2.75, 3.05) is 12.9 Å². The molecule has 0 spiro atoms. The van der Waals surface area contributed by atoms with Crippen molar-refractivity contribution in [1.82, 2.24) is 15.0 Å². The van der Waals surface area contributed by atoms with Crippen LogP contribution < -0.4 is 4.74 Å². The normalized spacial score (nSPS) is 16.6. The summed E-state index contributed by atoms with van der Waals surface area (Å²) in [6.45, 7) is 0. The highest BCUT2D eigenvalue weighted by Gasteiger charge is 2.16. The molecule has 1 aliphatic rings. The first-order chi connectivity index (χ1) is 7.78. The van der Waals surface area contributed by atoms with Gasteiger partial charge in [0.2, 0.25) is 5.28 Å². The molecule has 0 radical (unpaired) electrons. The largest absolute Gasteiger partial charge is 0.467 e. The second-order valence-electron chi connectivity index (χ2n) is 3.84. The van der Waals surface area contributed by atoms with Gasteiger partial charge < -0.3 is 4.74 Å². The van der Waals surface area contributed by atoms with E-state index in [9.17, 15) is 0 Å². The Morgan fingerprint density at radius 1 is 1.31 bits per heavy atom. The molecule has 0 saturated heterocycles. The smallest absolute Gasteiger partial charge is 0.321 e. The maximum absolute atomic E-state index is 5.77. The zero-order valence-electron chi connectivity index (χ0n) is 9.15. The SMILES string of the molecule is COc1nc(Cl)nc(SCC2CCCC2)n1. The highest BCUT2D eigenvalue weighted by Crippen LogP contribution is 2.30. The second kappa shape index (κ2) is 5.68. The van der Waals surface area contributed by atoms with Gasteiger partial charge in [0.25, 0.3) is 0 Å². The Hall–Kier alpha value is -0.550. The van der Waals surface area contributed by atoms with E-state index >= 15 is 0 Å². The lowest BCUT2D eigenvalue weighted by Crippen LogP contribution is -2.00. The number of nitrogens with zero attached hydrogens (tertiary/aromatic N) is 3. The van der Waals surface area contributed by atoms with Gasteiger partial charge in [0.05, 0.1) is 7.11 Å². The number of aromatic nitrogens is 3. The van der Waals surface area contributed by atoms with E-state index in [1.54, 1.807) is 11.8 Å². The average Bonchev–Trinajstić information content (AvgIpc) is 2.78. The van der Waals surface area contributed by atoms with Gasteiger partial charge in [-0.3, -0.25) is 0 Å². The van der Waals surface area contributed by atoms with Crippen molar-refractivity contribution in [3.05, 3.63) is 5.28 Å². The van der Waals surface area contributed by atoms with Gasteiger partial charge in [0.15, 0.2) is 5.16 Å². The number of hydrogen-bond donors (Lipinski definition) is 0. The molecule has 16 heavy (non-hydrogen) atoms. The Bertz CT molecular complexity index is 358. The zero-order chi connectivity index (χ0) is 11.4. The van der Waals surface area contributed by atoms with Gasteiger partial charge in [0.1, 0.15) is 0 Å². The molecule has 1 heterocycles. The number of methoxy groups -OCH3 is 1. The molecule has 4 nitrogen and oxygen atoms in total. The van der Waals surface area contributed by atoms with Crippen molar-refractivity contribution < 1.29 is 4.74 Å². The number of halogens is 1. The molecule has 0 aliphatic heterocycles. The summed E-state index contributed by atoms with van der Waals surface area (Å²) in [6.07, 6.45) is 5.35. The van der Waals surface area contributed by atoms with Crippen LogP contribution in [0.4, 0.5) is 0 Å². The van der Waals surface area contributed by atoms with Crippen LogP contribution >= 0.6 is 23.4 Å². The Morgan fingerprint density at radius 3 is 2.75 bits per heavy atom. The van der Waals surface area contributed by atoms with Crippen LogP contribution in [0.25, 0.3) is 0 Å². The molecular weight excluding hydrogens is 246 g/mol. The summed E-state index contributed by atoms with van der Waals surface area (Å²) in [5.74, 6) is 1.86. The van der Waals surface area contributed by atoms with Gasteiger partial charge in [-0.25, -0.2) is 0 Å². The lowest BCUT2D eigenvalue weighted by molar-refractivity contribution is 0.373. The van der Waals surface area contributed by atoms with Gasteiger partial charge in [0, 0.05) is 5.75 Å². The van der Waals surface area contributed by atoms with Crippen molar-refractivity contribution in [3.8, 4) is 6.01 Å². The summed E-state index contributed by atoms with van der Waals surface area (Å²) in [6, 6.07) is 0.286. The minimum atomic E-state index is 0.195. The van der Waals surface area contributed by atoms with E-state index in [0.29, 0.717) is 5.16 Å². The summed E-state index contributed by atoms with van der Waals surface area (Å²) in [5, 5.41) is 0.851. The Morgan fingerprint density at radius 2 is 2.06 bits per heavy atom. The maximum Gasteiger partial charge on any atom is 0.321 e. The average molecular weight is 260 g/mol. The molecule has 1 fully saturated rings. The molecule has 0 bridgehead atoms. The van der Waals surface area contributed by atoms with Gasteiger partial charge in [-0.15, -0.1) is 0 Å². The first kappa shape index (κ1) is 11.9. The molecular formula is C10H14ClN3OS. The molecule has 0 aromatic carbocycles. The van der Waals surface area contributed by atoms with E-state index < -0.39 is 0 Å². The third kappa shape index (κ3) is 3.22. The molecule has 1 aromatic rings. The first-order valence-corrected chi connectivity index (χ1v) is 6.72. The van der Waals surface area contributed by atoms with E-state index in [1.807, 2.05) is 0 Å². The van der Waals surface area contributed by atoms with Gasteiger partial charge in [-0.1, -0.05) is 24.6 Å². The van der Waals surface area contributed by atoms with Crippen molar-refractivity contribution >= 4 is 23.4 Å². The van der Waals surface area contributed by atoms with Crippen molar-refractivity contribution in [2.45, 2.75) is 30.8 Å². The number of ether oxygens (including phenoxy) is 1. The van der Waals surface area contributed by atoms with Crippen LogP contribution in [0.5, 0.6) is 6.01 Å². The van der Waals surface area contributed by atoms with Crippen LogP contribution in [0.2, 0.25) is 5.28 Å². The molecule has 0 amide bonds. The Labute approximate surface area is 104 Å². The quantitative estimate of drug-likeness (QED) is 0.778. The van der Waals surface area contributed by atoms with Crippen molar-refractivity contribution in [3.63, 3.8) is 0 Å². The number of rotatable bonds is 4. The zero-order valence-corrected chi connectivity index (χ0v) is 10.7. The van der Waals surface area contributed by atoms with Crippen LogP contribution in [-0.2, 0) is 0 Å². The lowest BCUT2D eigenvalue weighted by atomic mass is 10.1.